The third-order valence-electron chi connectivity index (χ3n) is 19.6. The zero-order valence-electron chi connectivity index (χ0n) is 66.2. The molecule has 0 aliphatic heterocycles. The van der Waals surface area contributed by atoms with E-state index in [9.17, 15) is 43.2 Å². The number of hydrogen-bond acceptors (Lipinski definition) is 15. The molecule has 0 aliphatic carbocycles. The summed E-state index contributed by atoms with van der Waals surface area (Å²) >= 11 is 0. The number of phosphoric ester groups is 2. The van der Waals surface area contributed by atoms with E-state index in [4.69, 9.17) is 37.0 Å². The van der Waals surface area contributed by atoms with Crippen molar-refractivity contribution in [3.05, 3.63) is 0 Å². The van der Waals surface area contributed by atoms with E-state index in [0.29, 0.717) is 25.7 Å². The molecule has 3 N–H and O–H groups in total. The molecule has 0 spiro atoms. The molecule has 0 saturated heterocycles. The Kier molecular flexibility index (Phi) is 72.2. The van der Waals surface area contributed by atoms with E-state index in [1.807, 2.05) is 0 Å². The highest BCUT2D eigenvalue weighted by Gasteiger charge is 2.30. The first-order valence-corrected chi connectivity index (χ1v) is 45.5. The number of carbonyl (C=O) groups is 4. The zero-order valence-corrected chi connectivity index (χ0v) is 68.0. The van der Waals surface area contributed by atoms with E-state index in [2.05, 4.69) is 41.5 Å². The van der Waals surface area contributed by atoms with Gasteiger partial charge in [0.25, 0.3) is 0 Å². The number of aliphatic hydroxyl groups excluding tert-OH is 1. The molecule has 0 heterocycles. The van der Waals surface area contributed by atoms with Gasteiger partial charge in [0.2, 0.25) is 0 Å². The number of phosphoric acid groups is 2. The minimum Gasteiger partial charge on any atom is -0.462 e. The summed E-state index contributed by atoms with van der Waals surface area (Å²) in [6.45, 7) is 9.67. The Morgan fingerprint density at radius 1 is 0.287 bits per heavy atom. The third kappa shape index (κ3) is 74.7. The van der Waals surface area contributed by atoms with Gasteiger partial charge in [0, 0.05) is 25.7 Å². The highest BCUT2D eigenvalue weighted by Crippen LogP contribution is 2.45. The van der Waals surface area contributed by atoms with Crippen molar-refractivity contribution in [2.45, 2.75) is 452 Å². The van der Waals surface area contributed by atoms with Crippen molar-refractivity contribution in [1.82, 2.24) is 0 Å². The molecule has 0 fully saturated rings. The molecule has 17 nitrogen and oxygen atoms in total. The Labute approximate surface area is 619 Å². The van der Waals surface area contributed by atoms with Crippen LogP contribution < -0.4 is 0 Å². The standard InChI is InChI=1S/C82H160O17P2/c1-7-10-12-14-16-18-20-22-23-24-25-26-27-28-30-34-42-48-54-60-66-81(86)98-77(70-93-80(85)65-59-53-47-41-35-31-32-38-44-50-56-62-74(4)5)72-96-100(88,89)94-68-76(83)69-95-101(90,91)97-73-78(71-92-79(84)64-58-52-46-40-33-29-21-19-17-15-13-11-8-2)99-82(87)67-61-55-49-43-37-36-39-45-51-57-63-75(6)9-3/h74-78,83H,7-73H2,1-6H3,(H,88,89)(H,90,91)/t75?,76-,77-,78-/m1/s1. The molecule has 0 rings (SSSR count). The largest absolute Gasteiger partial charge is 0.472 e. The fraction of sp³-hybridized carbons (Fsp3) is 0.951. The average molecular weight is 1480 g/mol. The van der Waals surface area contributed by atoms with Gasteiger partial charge >= 0.3 is 39.5 Å². The van der Waals surface area contributed by atoms with E-state index in [1.165, 1.54) is 250 Å². The van der Waals surface area contributed by atoms with Crippen LogP contribution in [0.2, 0.25) is 0 Å². The Morgan fingerprint density at radius 3 is 0.752 bits per heavy atom. The van der Waals surface area contributed by atoms with Crippen LogP contribution in [0.1, 0.15) is 433 Å². The van der Waals surface area contributed by atoms with Gasteiger partial charge in [-0.25, -0.2) is 9.13 Å². The van der Waals surface area contributed by atoms with E-state index in [0.717, 1.165) is 102 Å². The first-order valence-electron chi connectivity index (χ1n) is 42.5. The monoisotopic (exact) mass is 1480 g/mol. The normalized spacial score (nSPS) is 14.2. The lowest BCUT2D eigenvalue weighted by Crippen LogP contribution is -2.30. The number of rotatable bonds is 81. The first kappa shape index (κ1) is 99.1. The van der Waals surface area contributed by atoms with Crippen LogP contribution >= 0.6 is 15.6 Å². The van der Waals surface area contributed by atoms with Crippen LogP contribution in [0.15, 0.2) is 0 Å². The minimum atomic E-state index is -4.96. The number of aliphatic hydroxyl groups is 1. The second-order valence-electron chi connectivity index (χ2n) is 30.2. The molecule has 0 aromatic heterocycles. The predicted molar refractivity (Wildman–Crippen MR) is 414 cm³/mol. The summed E-state index contributed by atoms with van der Waals surface area (Å²) in [4.78, 5) is 73.1. The van der Waals surface area contributed by atoms with Crippen molar-refractivity contribution in [2.75, 3.05) is 39.6 Å². The summed E-state index contributed by atoms with van der Waals surface area (Å²) in [5, 5.41) is 10.7. The lowest BCUT2D eigenvalue weighted by molar-refractivity contribution is -0.161. The Morgan fingerprint density at radius 2 is 0.505 bits per heavy atom. The fourth-order valence-corrected chi connectivity index (χ4v) is 14.3. The molecule has 0 bridgehead atoms. The van der Waals surface area contributed by atoms with Gasteiger partial charge in [-0.15, -0.1) is 0 Å². The van der Waals surface area contributed by atoms with Gasteiger partial charge in [-0.2, -0.15) is 0 Å². The van der Waals surface area contributed by atoms with Crippen molar-refractivity contribution < 1.29 is 80.2 Å². The first-order chi connectivity index (χ1) is 48.9. The molecule has 19 heteroatoms. The third-order valence-corrected chi connectivity index (χ3v) is 21.5. The van der Waals surface area contributed by atoms with Crippen LogP contribution in [0.4, 0.5) is 0 Å². The number of esters is 4. The molecule has 0 aromatic rings. The lowest BCUT2D eigenvalue weighted by atomic mass is 9.99. The molecule has 6 atom stereocenters. The summed E-state index contributed by atoms with van der Waals surface area (Å²) in [7, 11) is -9.92. The smallest absolute Gasteiger partial charge is 0.462 e. The summed E-state index contributed by atoms with van der Waals surface area (Å²) in [6.07, 6.45) is 63.7. The van der Waals surface area contributed by atoms with Crippen LogP contribution in [-0.4, -0.2) is 96.7 Å². The van der Waals surface area contributed by atoms with Gasteiger partial charge in [0.05, 0.1) is 26.4 Å². The molecular weight excluding hydrogens is 1320 g/mol. The van der Waals surface area contributed by atoms with E-state index in [-0.39, 0.29) is 25.7 Å². The lowest BCUT2D eigenvalue weighted by Gasteiger charge is -2.21. The van der Waals surface area contributed by atoms with Gasteiger partial charge in [-0.1, -0.05) is 382 Å². The van der Waals surface area contributed by atoms with Crippen molar-refractivity contribution in [3.63, 3.8) is 0 Å². The Hall–Kier alpha value is -1.94. The maximum absolute atomic E-state index is 13.1. The van der Waals surface area contributed by atoms with E-state index in [1.54, 1.807) is 0 Å². The van der Waals surface area contributed by atoms with Gasteiger partial charge in [0.15, 0.2) is 12.2 Å². The fourth-order valence-electron chi connectivity index (χ4n) is 12.7. The summed E-state index contributed by atoms with van der Waals surface area (Å²) in [5.74, 6) is -0.532. The van der Waals surface area contributed by atoms with E-state index < -0.39 is 97.5 Å². The molecule has 600 valence electrons. The highest BCUT2D eigenvalue weighted by atomic mass is 31.2. The maximum Gasteiger partial charge on any atom is 0.472 e. The quantitative estimate of drug-likeness (QED) is 0.0222. The van der Waals surface area contributed by atoms with Gasteiger partial charge < -0.3 is 33.8 Å². The summed E-state index contributed by atoms with van der Waals surface area (Å²) < 4.78 is 68.8. The summed E-state index contributed by atoms with van der Waals surface area (Å²) in [6, 6.07) is 0. The molecule has 0 aliphatic rings. The van der Waals surface area contributed by atoms with Gasteiger partial charge in [0.1, 0.15) is 19.3 Å². The molecule has 0 aromatic carbocycles. The van der Waals surface area contributed by atoms with Crippen molar-refractivity contribution >= 4 is 39.5 Å². The maximum atomic E-state index is 13.1. The van der Waals surface area contributed by atoms with Crippen molar-refractivity contribution in [1.29, 1.82) is 0 Å². The van der Waals surface area contributed by atoms with Gasteiger partial charge in [-0.05, 0) is 37.5 Å². The number of carbonyl (C=O) groups excluding carboxylic acids is 4. The van der Waals surface area contributed by atoms with Crippen molar-refractivity contribution in [3.8, 4) is 0 Å². The molecular formula is C82H160O17P2. The molecule has 101 heavy (non-hydrogen) atoms. The van der Waals surface area contributed by atoms with E-state index >= 15 is 0 Å². The molecule has 0 radical (unpaired) electrons. The van der Waals surface area contributed by atoms with Crippen LogP contribution in [0.5, 0.6) is 0 Å². The second-order valence-corrected chi connectivity index (χ2v) is 33.1. The predicted octanol–water partition coefficient (Wildman–Crippen LogP) is 24.7. The Bertz CT molecular complexity index is 1940. The van der Waals surface area contributed by atoms with Crippen molar-refractivity contribution in [2.24, 2.45) is 11.8 Å². The zero-order chi connectivity index (χ0) is 74.2. The SMILES string of the molecule is CCCCCCCCCCCCCCCCCCCCCCC(=O)O[C@H](COC(=O)CCCCCCCCCCCCCC(C)C)COP(=O)(O)OC[C@@H](O)COP(=O)(O)OC[C@@H](COC(=O)CCCCCCCCCCCCCCC)OC(=O)CCCCCCCCCCCCC(C)CC. The number of unbranched alkanes of at least 4 members (excludes halogenated alkanes) is 50. The van der Waals surface area contributed by atoms with Crippen LogP contribution in [0, 0.1) is 11.8 Å². The van der Waals surface area contributed by atoms with Crippen LogP contribution in [0.25, 0.3) is 0 Å². The molecule has 3 unspecified atom stereocenters. The topological polar surface area (TPSA) is 237 Å². The number of hydrogen-bond donors (Lipinski definition) is 3. The second kappa shape index (κ2) is 73.6. The molecule has 0 amide bonds. The van der Waals surface area contributed by atoms with Crippen LogP contribution in [-0.2, 0) is 65.4 Å². The van der Waals surface area contributed by atoms with Gasteiger partial charge in [-0.3, -0.25) is 37.3 Å². The Balaban J connectivity index is 5.25. The minimum absolute atomic E-state index is 0.107. The number of ether oxygens (including phenoxy) is 4. The highest BCUT2D eigenvalue weighted by molar-refractivity contribution is 7.47. The average Bonchev–Trinajstić information content (AvgIpc) is 1.00. The summed E-state index contributed by atoms with van der Waals surface area (Å²) in [5.41, 5.74) is 0. The van der Waals surface area contributed by atoms with Crippen LogP contribution in [0.3, 0.4) is 0 Å². The molecule has 0 saturated carbocycles.